The van der Waals surface area contributed by atoms with E-state index < -0.39 is 0 Å². The van der Waals surface area contributed by atoms with Crippen molar-refractivity contribution in [3.05, 3.63) is 0 Å². The Morgan fingerprint density at radius 3 is 2.67 bits per heavy atom. The fourth-order valence-electron chi connectivity index (χ4n) is 2.21. The van der Waals surface area contributed by atoms with E-state index in [0.29, 0.717) is 0 Å². The molecule has 1 saturated carbocycles. The average molecular weight is 212 g/mol. The predicted molar refractivity (Wildman–Crippen MR) is 61.8 cm³/mol. The van der Waals surface area contributed by atoms with Crippen molar-refractivity contribution in [2.45, 2.75) is 44.1 Å². The summed E-state index contributed by atoms with van der Waals surface area (Å²) >= 11 is 0. The predicted octanol–water partition coefficient (Wildman–Crippen LogP) is 1.27. The van der Waals surface area contributed by atoms with Crippen molar-refractivity contribution in [2.24, 2.45) is 11.7 Å². The van der Waals surface area contributed by atoms with E-state index in [2.05, 4.69) is 5.32 Å². The van der Waals surface area contributed by atoms with Crippen molar-refractivity contribution < 1.29 is 4.74 Å². The monoisotopic (exact) mass is 212 g/mol. The first-order valence-corrected chi connectivity index (χ1v) is 6.36. The zero-order chi connectivity index (χ0) is 10.6. The molecule has 0 bridgehead atoms. The van der Waals surface area contributed by atoms with Gasteiger partial charge < -0.3 is 15.8 Å². The smallest absolute Gasteiger partial charge is 0.0484 e. The van der Waals surface area contributed by atoms with E-state index in [1.807, 2.05) is 0 Å². The van der Waals surface area contributed by atoms with Crippen LogP contribution in [0.1, 0.15) is 38.5 Å². The van der Waals surface area contributed by atoms with Gasteiger partial charge in [0.15, 0.2) is 0 Å². The molecule has 0 atom stereocenters. The van der Waals surface area contributed by atoms with Crippen LogP contribution in [0, 0.1) is 5.92 Å². The SMILES string of the molecule is NC1(CNCCCC2CC2)CCOCC1. The van der Waals surface area contributed by atoms with Crippen LogP contribution in [0.2, 0.25) is 0 Å². The standard InChI is InChI=1S/C12H24N2O/c13-12(5-8-15-9-6-12)10-14-7-1-2-11-3-4-11/h11,14H,1-10,13H2. The third kappa shape index (κ3) is 4.09. The molecule has 0 aromatic carbocycles. The van der Waals surface area contributed by atoms with E-state index in [1.54, 1.807) is 0 Å². The molecule has 2 aliphatic rings. The van der Waals surface area contributed by atoms with Gasteiger partial charge in [-0.25, -0.2) is 0 Å². The maximum Gasteiger partial charge on any atom is 0.0484 e. The van der Waals surface area contributed by atoms with Crippen molar-refractivity contribution in [2.75, 3.05) is 26.3 Å². The van der Waals surface area contributed by atoms with Crippen LogP contribution in [-0.4, -0.2) is 31.8 Å². The summed E-state index contributed by atoms with van der Waals surface area (Å²) in [6.45, 7) is 3.76. The lowest BCUT2D eigenvalue weighted by Crippen LogP contribution is -2.52. The first kappa shape index (κ1) is 11.4. The molecule has 0 spiro atoms. The number of hydrogen-bond acceptors (Lipinski definition) is 3. The second kappa shape index (κ2) is 5.28. The van der Waals surface area contributed by atoms with E-state index in [-0.39, 0.29) is 5.54 Å². The molecule has 2 rings (SSSR count). The molecule has 1 aliphatic heterocycles. The Labute approximate surface area is 92.7 Å². The summed E-state index contributed by atoms with van der Waals surface area (Å²) in [5.74, 6) is 1.06. The van der Waals surface area contributed by atoms with Gasteiger partial charge in [-0.2, -0.15) is 0 Å². The third-order valence-corrected chi connectivity index (χ3v) is 3.63. The molecule has 3 N–H and O–H groups in total. The zero-order valence-corrected chi connectivity index (χ0v) is 9.63. The molecule has 1 aliphatic carbocycles. The Bertz CT molecular complexity index is 186. The Kier molecular flexibility index (Phi) is 4.00. The molecule has 2 fully saturated rings. The summed E-state index contributed by atoms with van der Waals surface area (Å²) in [5.41, 5.74) is 6.27. The third-order valence-electron chi connectivity index (χ3n) is 3.63. The summed E-state index contributed by atoms with van der Waals surface area (Å²) in [7, 11) is 0. The summed E-state index contributed by atoms with van der Waals surface area (Å²) in [6.07, 6.45) is 7.67. The Hall–Kier alpha value is -0.120. The highest BCUT2D eigenvalue weighted by molar-refractivity contribution is 4.88. The van der Waals surface area contributed by atoms with Crippen molar-refractivity contribution in [1.29, 1.82) is 0 Å². The average Bonchev–Trinajstić information content (AvgIpc) is 3.02. The number of nitrogens with two attached hydrogens (primary N) is 1. The Morgan fingerprint density at radius 1 is 1.27 bits per heavy atom. The lowest BCUT2D eigenvalue weighted by atomic mass is 9.91. The molecule has 3 heteroatoms. The van der Waals surface area contributed by atoms with Crippen LogP contribution in [0.25, 0.3) is 0 Å². The van der Waals surface area contributed by atoms with Crippen molar-refractivity contribution in [3.8, 4) is 0 Å². The van der Waals surface area contributed by atoms with E-state index in [0.717, 1.165) is 45.1 Å². The quantitative estimate of drug-likeness (QED) is 0.652. The first-order chi connectivity index (χ1) is 7.29. The van der Waals surface area contributed by atoms with E-state index in [1.165, 1.54) is 25.7 Å². The summed E-state index contributed by atoms with van der Waals surface area (Å²) in [4.78, 5) is 0. The largest absolute Gasteiger partial charge is 0.381 e. The maximum atomic E-state index is 6.27. The molecule has 1 saturated heterocycles. The number of hydrogen-bond donors (Lipinski definition) is 2. The van der Waals surface area contributed by atoms with Crippen LogP contribution in [0.4, 0.5) is 0 Å². The fourth-order valence-corrected chi connectivity index (χ4v) is 2.21. The molecular weight excluding hydrogens is 188 g/mol. The molecule has 88 valence electrons. The first-order valence-electron chi connectivity index (χ1n) is 6.36. The minimum atomic E-state index is -0.00215. The van der Waals surface area contributed by atoms with Crippen LogP contribution in [-0.2, 0) is 4.74 Å². The van der Waals surface area contributed by atoms with Gasteiger partial charge in [0.2, 0.25) is 0 Å². The lowest BCUT2D eigenvalue weighted by Gasteiger charge is -2.33. The van der Waals surface area contributed by atoms with Gasteiger partial charge in [-0.3, -0.25) is 0 Å². The number of rotatable bonds is 6. The highest BCUT2D eigenvalue weighted by Crippen LogP contribution is 2.33. The van der Waals surface area contributed by atoms with Gasteiger partial charge in [0.1, 0.15) is 0 Å². The zero-order valence-electron chi connectivity index (χ0n) is 9.63. The molecule has 1 heterocycles. The Morgan fingerprint density at radius 2 is 2.00 bits per heavy atom. The van der Waals surface area contributed by atoms with Gasteiger partial charge >= 0.3 is 0 Å². The van der Waals surface area contributed by atoms with E-state index in [9.17, 15) is 0 Å². The lowest BCUT2D eigenvalue weighted by molar-refractivity contribution is 0.0532. The molecule has 0 aromatic rings. The molecule has 15 heavy (non-hydrogen) atoms. The normalized spacial score (nSPS) is 25.4. The summed E-state index contributed by atoms with van der Waals surface area (Å²) in [5, 5.41) is 3.50. The van der Waals surface area contributed by atoms with Crippen LogP contribution < -0.4 is 11.1 Å². The van der Waals surface area contributed by atoms with Crippen molar-refractivity contribution in [3.63, 3.8) is 0 Å². The number of ether oxygens (including phenoxy) is 1. The summed E-state index contributed by atoms with van der Waals surface area (Å²) < 4.78 is 5.32. The van der Waals surface area contributed by atoms with Crippen LogP contribution in [0.3, 0.4) is 0 Å². The molecule has 3 nitrogen and oxygen atoms in total. The molecule has 0 radical (unpaired) electrons. The van der Waals surface area contributed by atoms with Gasteiger partial charge in [0.05, 0.1) is 0 Å². The highest BCUT2D eigenvalue weighted by Gasteiger charge is 2.27. The highest BCUT2D eigenvalue weighted by atomic mass is 16.5. The summed E-state index contributed by atoms with van der Waals surface area (Å²) in [6, 6.07) is 0. The minimum Gasteiger partial charge on any atom is -0.381 e. The van der Waals surface area contributed by atoms with Gasteiger partial charge in [0, 0.05) is 25.3 Å². The topological polar surface area (TPSA) is 47.3 Å². The van der Waals surface area contributed by atoms with Gasteiger partial charge in [0.25, 0.3) is 0 Å². The molecular formula is C12H24N2O. The second-order valence-corrected chi connectivity index (χ2v) is 5.24. The van der Waals surface area contributed by atoms with Crippen LogP contribution in [0.5, 0.6) is 0 Å². The Balaban J connectivity index is 1.51. The molecule has 0 amide bonds. The van der Waals surface area contributed by atoms with Gasteiger partial charge in [-0.15, -0.1) is 0 Å². The van der Waals surface area contributed by atoms with Crippen molar-refractivity contribution in [1.82, 2.24) is 5.32 Å². The molecule has 0 aromatic heterocycles. The number of nitrogens with one attached hydrogen (secondary N) is 1. The van der Waals surface area contributed by atoms with E-state index >= 15 is 0 Å². The van der Waals surface area contributed by atoms with Crippen LogP contribution in [0.15, 0.2) is 0 Å². The van der Waals surface area contributed by atoms with Crippen molar-refractivity contribution >= 4 is 0 Å². The van der Waals surface area contributed by atoms with Gasteiger partial charge in [-0.05, 0) is 38.1 Å². The molecule has 0 unspecified atom stereocenters. The second-order valence-electron chi connectivity index (χ2n) is 5.24. The fraction of sp³-hybridized carbons (Fsp3) is 1.00. The van der Waals surface area contributed by atoms with Gasteiger partial charge in [-0.1, -0.05) is 12.8 Å². The van der Waals surface area contributed by atoms with E-state index in [4.69, 9.17) is 10.5 Å². The van der Waals surface area contributed by atoms with Crippen LogP contribution >= 0.6 is 0 Å². The minimum absolute atomic E-state index is 0.00215. The maximum absolute atomic E-state index is 6.27.